The van der Waals surface area contributed by atoms with Crippen LogP contribution in [-0.4, -0.2) is 14.1 Å². The number of rotatable bonds is 3. The van der Waals surface area contributed by atoms with Crippen LogP contribution in [0.15, 0.2) is 152 Å². The maximum atomic E-state index is 2.43. The summed E-state index contributed by atoms with van der Waals surface area (Å²) in [5, 5.41) is 13.5. The van der Waals surface area contributed by atoms with E-state index in [1.165, 1.54) is 126 Å². The third-order valence-corrected chi connectivity index (χ3v) is 11.9. The summed E-state index contributed by atoms with van der Waals surface area (Å²) in [5.74, 6) is 0. The van der Waals surface area contributed by atoms with Crippen LogP contribution in [0.3, 0.4) is 0 Å². The minimum atomic E-state index is 1.23. The predicted molar refractivity (Wildman–Crippen MR) is 219 cm³/mol. The molecule has 236 valence electrons. The van der Waals surface area contributed by atoms with Gasteiger partial charge in [0.2, 0.25) is 0 Å². The van der Waals surface area contributed by atoms with Crippen molar-refractivity contribution in [2.75, 3.05) is 19.0 Å². The van der Waals surface area contributed by atoms with Crippen molar-refractivity contribution in [1.82, 2.24) is 0 Å². The summed E-state index contributed by atoms with van der Waals surface area (Å²) in [7, 11) is 4.25. The molecule has 51 heavy (non-hydrogen) atoms. The first-order valence-electron chi connectivity index (χ1n) is 17.9. The molecule has 12 rings (SSSR count). The lowest BCUT2D eigenvalue weighted by atomic mass is 9.82. The van der Waals surface area contributed by atoms with Gasteiger partial charge in [-0.3, -0.25) is 0 Å². The lowest BCUT2D eigenvalue weighted by Crippen LogP contribution is -2.08. The SMILES string of the molecule is CN(C)c1ccc2c(c1)-c1ccc3c4ccc5c6c(ccc(c7ccc-2c1c73)c64)-c1c-5c(-c2ccccc2)c2ccccc2c1-c1ccccc1. The van der Waals surface area contributed by atoms with E-state index in [2.05, 4.69) is 171 Å². The van der Waals surface area contributed by atoms with Crippen LogP contribution in [0, 0.1) is 0 Å². The molecule has 0 aliphatic heterocycles. The highest BCUT2D eigenvalue weighted by atomic mass is 15.1. The minimum absolute atomic E-state index is 1.23. The Hall–Kier alpha value is -6.44. The predicted octanol–water partition coefficient (Wildman–Crippen LogP) is 13.6. The molecule has 0 radical (unpaired) electrons. The van der Waals surface area contributed by atoms with Crippen LogP contribution in [-0.2, 0) is 0 Å². The molecule has 0 heterocycles. The summed E-state index contributed by atoms with van der Waals surface area (Å²) < 4.78 is 0. The Morgan fingerprint density at radius 1 is 0.294 bits per heavy atom. The van der Waals surface area contributed by atoms with Gasteiger partial charge in [0.05, 0.1) is 0 Å². The van der Waals surface area contributed by atoms with E-state index in [0.29, 0.717) is 0 Å². The third kappa shape index (κ3) is 3.36. The van der Waals surface area contributed by atoms with Crippen molar-refractivity contribution in [3.63, 3.8) is 0 Å². The van der Waals surface area contributed by atoms with Gasteiger partial charge >= 0.3 is 0 Å². The standard InChI is InChI=1S/C50H31N/c1-51(2)30-17-18-31-34-19-20-35-37-23-25-40-48-41(26-24-38(47(37)48)36-21-22-39(42(31)27-30)45(34)46(35)36)50-44(29-13-7-4-8-14-29)33-16-10-9-15-32(33)43(49(40)50)28-11-5-3-6-12-28/h3-27H,1-2H3. The molecule has 0 N–H and O–H groups in total. The molecule has 1 heteroatoms. The number of benzene rings is 10. The van der Waals surface area contributed by atoms with E-state index in [0.717, 1.165) is 0 Å². The molecule has 0 aromatic heterocycles. The Morgan fingerprint density at radius 2 is 0.706 bits per heavy atom. The molecule has 2 aliphatic rings. The van der Waals surface area contributed by atoms with Gasteiger partial charge in [-0.05, 0) is 133 Å². The number of hydrogen-bond donors (Lipinski definition) is 0. The largest absolute Gasteiger partial charge is 0.378 e. The number of hydrogen-bond acceptors (Lipinski definition) is 1. The van der Waals surface area contributed by atoms with Gasteiger partial charge < -0.3 is 4.90 Å². The lowest BCUT2D eigenvalue weighted by Gasteiger charge is -2.20. The average Bonchev–Trinajstić information content (AvgIpc) is 3.69. The molecule has 0 saturated carbocycles. The van der Waals surface area contributed by atoms with Gasteiger partial charge in [0.25, 0.3) is 0 Å². The zero-order valence-electron chi connectivity index (χ0n) is 28.4. The van der Waals surface area contributed by atoms with E-state index in [4.69, 9.17) is 0 Å². The van der Waals surface area contributed by atoms with Gasteiger partial charge in [0.15, 0.2) is 0 Å². The molecule has 0 bridgehead atoms. The smallest absolute Gasteiger partial charge is 0.0367 e. The monoisotopic (exact) mass is 645 g/mol. The molecular formula is C50H31N. The Morgan fingerprint density at radius 3 is 1.20 bits per heavy atom. The Labute approximate surface area is 296 Å². The van der Waals surface area contributed by atoms with E-state index in [9.17, 15) is 0 Å². The topological polar surface area (TPSA) is 3.24 Å². The maximum Gasteiger partial charge on any atom is 0.0367 e. The Kier molecular flexibility index (Phi) is 5.17. The van der Waals surface area contributed by atoms with E-state index in [1.807, 2.05) is 0 Å². The van der Waals surface area contributed by atoms with Gasteiger partial charge in [-0.2, -0.15) is 0 Å². The van der Waals surface area contributed by atoms with Gasteiger partial charge in [-0.1, -0.05) is 140 Å². The molecule has 2 aliphatic carbocycles. The molecule has 0 unspecified atom stereocenters. The molecule has 10 aromatic carbocycles. The van der Waals surface area contributed by atoms with Crippen molar-refractivity contribution < 1.29 is 0 Å². The molecule has 10 aromatic rings. The number of fused-ring (bicyclic) bond motifs is 9. The van der Waals surface area contributed by atoms with Crippen LogP contribution < -0.4 is 4.90 Å². The van der Waals surface area contributed by atoms with Crippen molar-refractivity contribution >= 4 is 59.5 Å². The first-order chi connectivity index (χ1) is 25.2. The van der Waals surface area contributed by atoms with Crippen LogP contribution in [0.2, 0.25) is 0 Å². The van der Waals surface area contributed by atoms with Gasteiger partial charge in [0, 0.05) is 19.8 Å². The second kappa shape index (κ2) is 9.62. The van der Waals surface area contributed by atoms with Crippen molar-refractivity contribution in [3.8, 4) is 66.8 Å². The zero-order valence-corrected chi connectivity index (χ0v) is 28.4. The molecule has 0 spiro atoms. The van der Waals surface area contributed by atoms with Gasteiger partial charge in [-0.25, -0.2) is 0 Å². The van der Waals surface area contributed by atoms with Crippen molar-refractivity contribution in [3.05, 3.63) is 152 Å². The number of nitrogens with zero attached hydrogens (tertiary/aromatic N) is 1. The normalized spacial score (nSPS) is 12.5. The zero-order chi connectivity index (χ0) is 33.5. The summed E-state index contributed by atoms with van der Waals surface area (Å²) >= 11 is 0. The minimum Gasteiger partial charge on any atom is -0.378 e. The van der Waals surface area contributed by atoms with Gasteiger partial charge in [0.1, 0.15) is 0 Å². The summed E-state index contributed by atoms with van der Waals surface area (Å²) in [6, 6.07) is 57.3. The van der Waals surface area contributed by atoms with E-state index in [1.54, 1.807) is 0 Å². The average molecular weight is 646 g/mol. The number of anilines is 1. The fraction of sp³-hybridized carbons (Fsp3) is 0.0400. The third-order valence-electron chi connectivity index (χ3n) is 11.9. The quantitative estimate of drug-likeness (QED) is 0.137. The molecule has 0 fully saturated rings. The van der Waals surface area contributed by atoms with Crippen molar-refractivity contribution in [2.24, 2.45) is 0 Å². The molecular weight excluding hydrogens is 615 g/mol. The maximum absolute atomic E-state index is 2.43. The molecule has 1 nitrogen and oxygen atoms in total. The first-order valence-corrected chi connectivity index (χ1v) is 17.9. The van der Waals surface area contributed by atoms with E-state index >= 15 is 0 Å². The summed E-state index contributed by atoms with van der Waals surface area (Å²) in [6.07, 6.45) is 0. The highest BCUT2D eigenvalue weighted by molar-refractivity contribution is 6.41. The molecule has 0 amide bonds. The summed E-state index contributed by atoms with van der Waals surface area (Å²) in [6.45, 7) is 0. The van der Waals surface area contributed by atoms with E-state index in [-0.39, 0.29) is 0 Å². The lowest BCUT2D eigenvalue weighted by molar-refractivity contribution is 1.13. The summed E-state index contributed by atoms with van der Waals surface area (Å²) in [4.78, 5) is 2.20. The van der Waals surface area contributed by atoms with Crippen LogP contribution in [0.1, 0.15) is 0 Å². The van der Waals surface area contributed by atoms with E-state index < -0.39 is 0 Å². The summed E-state index contributed by atoms with van der Waals surface area (Å²) in [5.41, 5.74) is 17.1. The molecule has 0 saturated heterocycles. The second-order valence-electron chi connectivity index (χ2n) is 14.5. The van der Waals surface area contributed by atoms with Crippen molar-refractivity contribution in [2.45, 2.75) is 0 Å². The highest BCUT2D eigenvalue weighted by Gasteiger charge is 2.33. The van der Waals surface area contributed by atoms with Crippen molar-refractivity contribution in [1.29, 1.82) is 0 Å². The highest BCUT2D eigenvalue weighted by Crippen LogP contribution is 2.60. The van der Waals surface area contributed by atoms with Crippen LogP contribution in [0.5, 0.6) is 0 Å². The first kappa shape index (κ1) is 27.4. The second-order valence-corrected chi connectivity index (χ2v) is 14.5. The molecule has 0 atom stereocenters. The van der Waals surface area contributed by atoms with Crippen LogP contribution >= 0.6 is 0 Å². The fourth-order valence-electron chi connectivity index (χ4n) is 9.81. The van der Waals surface area contributed by atoms with Gasteiger partial charge in [-0.15, -0.1) is 0 Å². The Bertz CT molecular complexity index is 2990. The fourth-order valence-corrected chi connectivity index (χ4v) is 9.81. The Balaban J connectivity index is 1.24. The van der Waals surface area contributed by atoms with Crippen LogP contribution in [0.4, 0.5) is 5.69 Å². The van der Waals surface area contributed by atoms with Crippen LogP contribution in [0.25, 0.3) is 121 Å².